The number of methoxy groups -OCH3 is 1. The predicted molar refractivity (Wildman–Crippen MR) is 119 cm³/mol. The molecule has 0 radical (unpaired) electrons. The van der Waals surface area contributed by atoms with Crippen LogP contribution in [0.2, 0.25) is 0 Å². The number of benzene rings is 1. The molecule has 31 heavy (non-hydrogen) atoms. The van der Waals surface area contributed by atoms with Gasteiger partial charge in [0.25, 0.3) is 11.7 Å². The molecule has 1 amide bonds. The summed E-state index contributed by atoms with van der Waals surface area (Å²) >= 11 is 1.43. The van der Waals surface area contributed by atoms with E-state index in [1.54, 1.807) is 25.3 Å². The van der Waals surface area contributed by atoms with Crippen molar-refractivity contribution in [1.82, 2.24) is 4.90 Å². The van der Waals surface area contributed by atoms with Crippen LogP contribution in [0.25, 0.3) is 5.76 Å². The standard InChI is InChI=1S/C23H27NO6S/c1-4-29-15-9-10-16(17(14-15)30-5-2)21(25)19-20(18-8-6-13-31-18)24(11-7-12-28-3)23(27)22(19)26/h6,8-10,13-14,20,25H,4-5,7,11-12H2,1-3H3/b21-19-. The summed E-state index contributed by atoms with van der Waals surface area (Å²) in [7, 11) is 1.59. The molecule has 1 aromatic heterocycles. The number of thiophene rings is 1. The fourth-order valence-electron chi connectivity index (χ4n) is 3.61. The van der Waals surface area contributed by atoms with Crippen LogP contribution in [0.4, 0.5) is 0 Å². The Bertz CT molecular complexity index is 953. The molecule has 3 rings (SSSR count). The van der Waals surface area contributed by atoms with Gasteiger partial charge >= 0.3 is 0 Å². The number of carbonyl (C=O) groups excluding carboxylic acids is 2. The highest BCUT2D eigenvalue weighted by Gasteiger charge is 2.46. The van der Waals surface area contributed by atoms with Gasteiger partial charge in [-0.3, -0.25) is 9.59 Å². The van der Waals surface area contributed by atoms with E-state index in [-0.39, 0.29) is 11.3 Å². The van der Waals surface area contributed by atoms with E-state index in [2.05, 4.69) is 0 Å². The van der Waals surface area contributed by atoms with Gasteiger partial charge in [0, 0.05) is 31.2 Å². The molecule has 1 aromatic carbocycles. The van der Waals surface area contributed by atoms with Gasteiger partial charge in [0.05, 0.1) is 30.4 Å². The van der Waals surface area contributed by atoms with Crippen LogP contribution in [-0.4, -0.2) is 55.2 Å². The van der Waals surface area contributed by atoms with E-state index < -0.39 is 17.7 Å². The van der Waals surface area contributed by atoms with Crippen LogP contribution in [-0.2, 0) is 14.3 Å². The summed E-state index contributed by atoms with van der Waals surface area (Å²) in [6, 6.07) is 8.09. The van der Waals surface area contributed by atoms with Crippen LogP contribution in [0.3, 0.4) is 0 Å². The molecule has 0 bridgehead atoms. The zero-order valence-electron chi connectivity index (χ0n) is 17.9. The maximum absolute atomic E-state index is 13.0. The molecule has 1 aliphatic rings. The maximum Gasteiger partial charge on any atom is 0.295 e. The molecule has 2 heterocycles. The molecule has 0 aliphatic carbocycles. The lowest BCUT2D eigenvalue weighted by Crippen LogP contribution is -2.31. The summed E-state index contributed by atoms with van der Waals surface area (Å²) in [6.07, 6.45) is 0.582. The molecule has 1 aliphatic heterocycles. The van der Waals surface area contributed by atoms with E-state index in [4.69, 9.17) is 14.2 Å². The SMILES string of the molecule is CCOc1ccc(/C(O)=C2/C(=O)C(=O)N(CCCOC)C2c2cccs2)c(OCC)c1. The highest BCUT2D eigenvalue weighted by atomic mass is 32.1. The fraction of sp³-hybridized carbons (Fsp3) is 0.391. The second-order valence-electron chi connectivity index (χ2n) is 6.88. The number of likely N-dealkylation sites (tertiary alicyclic amines) is 1. The number of nitrogens with zero attached hydrogens (tertiary/aromatic N) is 1. The van der Waals surface area contributed by atoms with Gasteiger partial charge in [-0.1, -0.05) is 6.07 Å². The largest absolute Gasteiger partial charge is 0.507 e. The lowest BCUT2D eigenvalue weighted by atomic mass is 9.99. The molecule has 7 nitrogen and oxygen atoms in total. The van der Waals surface area contributed by atoms with Gasteiger partial charge in [0.1, 0.15) is 17.3 Å². The minimum absolute atomic E-state index is 0.0648. The molecule has 8 heteroatoms. The maximum atomic E-state index is 13.0. The summed E-state index contributed by atoms with van der Waals surface area (Å²) in [5, 5.41) is 13.1. The zero-order valence-corrected chi connectivity index (χ0v) is 18.7. The topological polar surface area (TPSA) is 85.3 Å². The van der Waals surface area contributed by atoms with Gasteiger partial charge in [-0.05, 0) is 43.8 Å². The number of aliphatic hydroxyl groups is 1. The fourth-order valence-corrected chi connectivity index (χ4v) is 4.45. The Balaban J connectivity index is 2.11. The number of hydrogen-bond donors (Lipinski definition) is 1. The number of ether oxygens (including phenoxy) is 3. The van der Waals surface area contributed by atoms with Gasteiger partial charge < -0.3 is 24.2 Å². The van der Waals surface area contributed by atoms with E-state index in [0.29, 0.717) is 49.8 Å². The number of rotatable bonds is 10. The quantitative estimate of drug-likeness (QED) is 0.257. The normalized spacial score (nSPS) is 17.9. The first-order valence-corrected chi connectivity index (χ1v) is 11.1. The summed E-state index contributed by atoms with van der Waals surface area (Å²) < 4.78 is 16.3. The third-order valence-electron chi connectivity index (χ3n) is 4.92. The van der Waals surface area contributed by atoms with E-state index in [0.717, 1.165) is 4.88 Å². The number of amides is 1. The van der Waals surface area contributed by atoms with Gasteiger partial charge in [-0.25, -0.2) is 0 Å². The van der Waals surface area contributed by atoms with Crippen LogP contribution in [0.15, 0.2) is 41.3 Å². The lowest BCUT2D eigenvalue weighted by Gasteiger charge is -2.24. The van der Waals surface area contributed by atoms with Crippen molar-refractivity contribution in [1.29, 1.82) is 0 Å². The smallest absolute Gasteiger partial charge is 0.295 e. The zero-order chi connectivity index (χ0) is 22.4. The van der Waals surface area contributed by atoms with Crippen LogP contribution in [0.1, 0.15) is 36.8 Å². The highest BCUT2D eigenvalue weighted by molar-refractivity contribution is 7.10. The van der Waals surface area contributed by atoms with E-state index in [9.17, 15) is 14.7 Å². The summed E-state index contributed by atoms with van der Waals surface area (Å²) in [5.74, 6) is -0.596. The van der Waals surface area contributed by atoms with Crippen molar-refractivity contribution in [3.63, 3.8) is 0 Å². The number of ketones is 1. The Kier molecular flexibility index (Phi) is 7.70. The molecule has 166 valence electrons. The number of hydrogen-bond acceptors (Lipinski definition) is 7. The van der Waals surface area contributed by atoms with Crippen molar-refractivity contribution < 1.29 is 28.9 Å². The Morgan fingerprint density at radius 3 is 2.58 bits per heavy atom. The molecular weight excluding hydrogens is 418 g/mol. The number of carbonyl (C=O) groups is 2. The molecule has 1 unspecified atom stereocenters. The van der Waals surface area contributed by atoms with Crippen LogP contribution in [0.5, 0.6) is 11.5 Å². The van der Waals surface area contributed by atoms with Crippen LogP contribution >= 0.6 is 11.3 Å². The van der Waals surface area contributed by atoms with Crippen LogP contribution in [0, 0.1) is 0 Å². The number of aliphatic hydroxyl groups excluding tert-OH is 1. The minimum atomic E-state index is -0.704. The van der Waals surface area contributed by atoms with Crippen molar-refractivity contribution >= 4 is 28.8 Å². The average molecular weight is 446 g/mol. The molecule has 1 N–H and O–H groups in total. The molecule has 1 saturated heterocycles. The van der Waals surface area contributed by atoms with Gasteiger partial charge in [0.15, 0.2) is 0 Å². The monoisotopic (exact) mass is 445 g/mol. The Labute approximate surface area is 185 Å². The van der Waals surface area contributed by atoms with Crippen molar-refractivity contribution in [2.45, 2.75) is 26.3 Å². The third kappa shape index (κ3) is 4.75. The third-order valence-corrected chi connectivity index (χ3v) is 5.84. The second-order valence-corrected chi connectivity index (χ2v) is 7.86. The molecule has 2 aromatic rings. The van der Waals surface area contributed by atoms with E-state index in [1.807, 2.05) is 31.4 Å². The molecule has 0 spiro atoms. The van der Waals surface area contributed by atoms with Crippen molar-refractivity contribution in [2.75, 3.05) is 33.5 Å². The van der Waals surface area contributed by atoms with Gasteiger partial charge in [-0.2, -0.15) is 0 Å². The van der Waals surface area contributed by atoms with Crippen molar-refractivity contribution in [2.24, 2.45) is 0 Å². The molecule has 0 saturated carbocycles. The van der Waals surface area contributed by atoms with Crippen molar-refractivity contribution in [3.05, 3.63) is 51.7 Å². The Morgan fingerprint density at radius 2 is 1.94 bits per heavy atom. The van der Waals surface area contributed by atoms with E-state index in [1.165, 1.54) is 16.2 Å². The van der Waals surface area contributed by atoms with Gasteiger partial charge in [-0.15, -0.1) is 11.3 Å². The summed E-state index contributed by atoms with van der Waals surface area (Å²) in [6.45, 7) is 5.38. The molecular formula is C23H27NO6S. The highest BCUT2D eigenvalue weighted by Crippen LogP contribution is 2.42. The Hall–Kier alpha value is -2.84. The molecule has 1 fully saturated rings. The van der Waals surface area contributed by atoms with Gasteiger partial charge in [0.2, 0.25) is 0 Å². The average Bonchev–Trinajstić information content (AvgIpc) is 3.37. The number of Topliss-reactive ketones (excluding diaryl/α,β-unsaturated/α-hetero) is 1. The summed E-state index contributed by atoms with van der Waals surface area (Å²) in [4.78, 5) is 28.2. The minimum Gasteiger partial charge on any atom is -0.507 e. The Morgan fingerprint density at radius 1 is 1.16 bits per heavy atom. The first-order valence-electron chi connectivity index (χ1n) is 10.2. The van der Waals surface area contributed by atoms with Crippen molar-refractivity contribution in [3.8, 4) is 11.5 Å². The predicted octanol–water partition coefficient (Wildman–Crippen LogP) is 4.00. The lowest BCUT2D eigenvalue weighted by molar-refractivity contribution is -0.140. The second kappa shape index (κ2) is 10.5. The summed E-state index contributed by atoms with van der Waals surface area (Å²) in [5.41, 5.74) is 0.414. The van der Waals surface area contributed by atoms with Crippen LogP contribution < -0.4 is 9.47 Å². The first kappa shape index (κ1) is 22.8. The van der Waals surface area contributed by atoms with E-state index >= 15 is 0 Å². The molecule has 1 atom stereocenters. The first-order chi connectivity index (χ1) is 15.0.